The highest BCUT2D eigenvalue weighted by molar-refractivity contribution is 9.10. The van der Waals surface area contributed by atoms with E-state index in [2.05, 4.69) is 15.9 Å². The topological polar surface area (TPSA) is 46.2 Å². The molecule has 2 rings (SSSR count). The molecule has 1 aromatic rings. The van der Waals surface area contributed by atoms with Crippen LogP contribution < -0.4 is 5.73 Å². The Hall–Kier alpha value is -0.450. The Balaban J connectivity index is 2.27. The molecule has 1 saturated carbocycles. The molecule has 1 atom stereocenters. The van der Waals surface area contributed by atoms with Crippen LogP contribution in [0.4, 0.5) is 4.39 Å². The monoisotopic (exact) mass is 315 g/mol. The van der Waals surface area contributed by atoms with E-state index < -0.39 is 6.10 Å². The molecule has 18 heavy (non-hydrogen) atoms. The fraction of sp³-hybridized carbons (Fsp3) is 0.571. The Kier molecular flexibility index (Phi) is 4.41. The van der Waals surface area contributed by atoms with Crippen LogP contribution in [0.15, 0.2) is 22.7 Å². The number of aliphatic hydroxyl groups excluding tert-OH is 1. The normalized spacial score (nSPS) is 20.7. The Labute approximate surface area is 116 Å². The summed E-state index contributed by atoms with van der Waals surface area (Å²) >= 11 is 3.16. The van der Waals surface area contributed by atoms with Crippen molar-refractivity contribution in [1.29, 1.82) is 0 Å². The van der Waals surface area contributed by atoms with Gasteiger partial charge in [0.15, 0.2) is 0 Å². The lowest BCUT2D eigenvalue weighted by atomic mass is 9.68. The van der Waals surface area contributed by atoms with Crippen molar-refractivity contribution in [2.75, 3.05) is 6.54 Å². The van der Waals surface area contributed by atoms with Crippen molar-refractivity contribution < 1.29 is 9.50 Å². The van der Waals surface area contributed by atoms with E-state index >= 15 is 0 Å². The summed E-state index contributed by atoms with van der Waals surface area (Å²) in [6.07, 6.45) is 4.70. The van der Waals surface area contributed by atoms with Gasteiger partial charge in [-0.25, -0.2) is 4.39 Å². The van der Waals surface area contributed by atoms with E-state index in [-0.39, 0.29) is 11.2 Å². The maximum Gasteiger partial charge on any atom is 0.137 e. The third kappa shape index (κ3) is 2.60. The molecule has 1 aliphatic rings. The lowest BCUT2D eigenvalue weighted by Gasteiger charge is -2.40. The Morgan fingerprint density at radius 3 is 2.56 bits per heavy atom. The molecule has 4 heteroatoms. The molecule has 100 valence electrons. The molecular formula is C14H19BrFNO. The van der Waals surface area contributed by atoms with Gasteiger partial charge in [-0.05, 0) is 46.5 Å². The SMILES string of the molecule is NCC1(C(O)c2ccc(F)c(Br)c2)CCCCC1. The van der Waals surface area contributed by atoms with Crippen LogP contribution in [-0.2, 0) is 0 Å². The largest absolute Gasteiger partial charge is 0.388 e. The minimum atomic E-state index is -0.611. The minimum absolute atomic E-state index is 0.241. The fourth-order valence-corrected chi connectivity index (χ4v) is 3.28. The summed E-state index contributed by atoms with van der Waals surface area (Å²) < 4.78 is 13.6. The molecule has 2 nitrogen and oxygen atoms in total. The number of benzene rings is 1. The number of hydrogen-bond acceptors (Lipinski definition) is 2. The molecule has 1 aliphatic carbocycles. The van der Waals surface area contributed by atoms with E-state index in [4.69, 9.17) is 5.73 Å². The standard InChI is InChI=1S/C14H19BrFNO/c15-11-8-10(4-5-12(11)16)13(18)14(9-17)6-2-1-3-7-14/h4-5,8,13,18H,1-3,6-7,9,17H2. The molecule has 0 radical (unpaired) electrons. The van der Waals surface area contributed by atoms with E-state index in [9.17, 15) is 9.50 Å². The van der Waals surface area contributed by atoms with Gasteiger partial charge in [0.1, 0.15) is 5.82 Å². The van der Waals surface area contributed by atoms with E-state index in [1.54, 1.807) is 12.1 Å². The second-order valence-electron chi connectivity index (χ2n) is 5.20. The molecule has 1 fully saturated rings. The number of hydrogen-bond donors (Lipinski definition) is 2. The zero-order valence-corrected chi connectivity index (χ0v) is 11.9. The average molecular weight is 316 g/mol. The molecule has 0 saturated heterocycles. The third-order valence-corrected chi connectivity index (χ3v) is 4.70. The van der Waals surface area contributed by atoms with Crippen molar-refractivity contribution in [3.8, 4) is 0 Å². The highest BCUT2D eigenvalue weighted by Crippen LogP contribution is 2.45. The first kappa shape index (κ1) is 14.0. The van der Waals surface area contributed by atoms with Crippen LogP contribution in [-0.4, -0.2) is 11.7 Å². The summed E-state index contributed by atoms with van der Waals surface area (Å²) in [5.41, 5.74) is 6.40. The van der Waals surface area contributed by atoms with Crippen molar-refractivity contribution >= 4 is 15.9 Å². The Morgan fingerprint density at radius 2 is 2.00 bits per heavy atom. The fourth-order valence-electron chi connectivity index (χ4n) is 2.88. The Morgan fingerprint density at radius 1 is 1.33 bits per heavy atom. The number of aliphatic hydroxyl groups is 1. The van der Waals surface area contributed by atoms with Crippen molar-refractivity contribution in [2.24, 2.45) is 11.1 Å². The first-order chi connectivity index (χ1) is 8.59. The van der Waals surface area contributed by atoms with Crippen LogP contribution in [0.3, 0.4) is 0 Å². The molecule has 0 aliphatic heterocycles. The van der Waals surface area contributed by atoms with Crippen LogP contribution in [0.5, 0.6) is 0 Å². The van der Waals surface area contributed by atoms with Crippen LogP contribution in [0.1, 0.15) is 43.8 Å². The lowest BCUT2D eigenvalue weighted by Crippen LogP contribution is -2.38. The van der Waals surface area contributed by atoms with Gasteiger partial charge in [0, 0.05) is 12.0 Å². The molecule has 0 bridgehead atoms. The second kappa shape index (κ2) is 5.68. The van der Waals surface area contributed by atoms with Crippen molar-refractivity contribution in [1.82, 2.24) is 0 Å². The molecule has 1 aromatic carbocycles. The van der Waals surface area contributed by atoms with Gasteiger partial charge >= 0.3 is 0 Å². The van der Waals surface area contributed by atoms with E-state index in [0.29, 0.717) is 11.0 Å². The molecule has 0 heterocycles. The van der Waals surface area contributed by atoms with E-state index in [1.807, 2.05) is 0 Å². The van der Waals surface area contributed by atoms with Crippen molar-refractivity contribution in [3.63, 3.8) is 0 Å². The zero-order chi connectivity index (χ0) is 13.2. The van der Waals surface area contributed by atoms with E-state index in [1.165, 1.54) is 12.5 Å². The first-order valence-electron chi connectivity index (χ1n) is 6.42. The second-order valence-corrected chi connectivity index (χ2v) is 6.06. The number of rotatable bonds is 3. The maximum absolute atomic E-state index is 13.2. The van der Waals surface area contributed by atoms with Crippen LogP contribution >= 0.6 is 15.9 Å². The van der Waals surface area contributed by atoms with Crippen LogP contribution in [0, 0.1) is 11.2 Å². The lowest BCUT2D eigenvalue weighted by molar-refractivity contribution is 0.000620. The van der Waals surface area contributed by atoms with Gasteiger partial charge in [0.05, 0.1) is 10.6 Å². The van der Waals surface area contributed by atoms with Gasteiger partial charge < -0.3 is 10.8 Å². The van der Waals surface area contributed by atoms with Crippen molar-refractivity contribution in [3.05, 3.63) is 34.1 Å². The maximum atomic E-state index is 13.2. The third-order valence-electron chi connectivity index (χ3n) is 4.10. The predicted octanol–water partition coefficient (Wildman–Crippen LogP) is 3.53. The smallest absolute Gasteiger partial charge is 0.137 e. The summed E-state index contributed by atoms with van der Waals surface area (Å²) in [6, 6.07) is 4.69. The summed E-state index contributed by atoms with van der Waals surface area (Å²) in [5, 5.41) is 10.6. The van der Waals surface area contributed by atoms with Crippen LogP contribution in [0.25, 0.3) is 0 Å². The zero-order valence-electron chi connectivity index (χ0n) is 10.3. The van der Waals surface area contributed by atoms with Gasteiger partial charge in [-0.3, -0.25) is 0 Å². The number of nitrogens with two attached hydrogens (primary N) is 1. The predicted molar refractivity (Wildman–Crippen MR) is 73.6 cm³/mol. The molecular weight excluding hydrogens is 297 g/mol. The summed E-state index contributed by atoms with van der Waals surface area (Å²) in [5.74, 6) is -0.309. The molecule has 0 spiro atoms. The summed E-state index contributed by atoms with van der Waals surface area (Å²) in [4.78, 5) is 0. The quantitative estimate of drug-likeness (QED) is 0.896. The molecule has 0 aromatic heterocycles. The van der Waals surface area contributed by atoms with E-state index in [0.717, 1.165) is 31.2 Å². The van der Waals surface area contributed by atoms with Crippen LogP contribution in [0.2, 0.25) is 0 Å². The van der Waals surface area contributed by atoms with Gasteiger partial charge in [-0.1, -0.05) is 25.3 Å². The minimum Gasteiger partial charge on any atom is -0.388 e. The molecule has 1 unspecified atom stereocenters. The highest BCUT2D eigenvalue weighted by atomic mass is 79.9. The number of halogens is 2. The van der Waals surface area contributed by atoms with Gasteiger partial charge in [-0.15, -0.1) is 0 Å². The average Bonchev–Trinajstić information content (AvgIpc) is 2.42. The summed E-state index contributed by atoms with van der Waals surface area (Å²) in [7, 11) is 0. The van der Waals surface area contributed by atoms with Gasteiger partial charge in [0.2, 0.25) is 0 Å². The van der Waals surface area contributed by atoms with Gasteiger partial charge in [-0.2, -0.15) is 0 Å². The first-order valence-corrected chi connectivity index (χ1v) is 7.21. The van der Waals surface area contributed by atoms with Crippen molar-refractivity contribution in [2.45, 2.75) is 38.2 Å². The van der Waals surface area contributed by atoms with Gasteiger partial charge in [0.25, 0.3) is 0 Å². The highest BCUT2D eigenvalue weighted by Gasteiger charge is 2.38. The summed E-state index contributed by atoms with van der Waals surface area (Å²) in [6.45, 7) is 0.475. The molecule has 0 amide bonds. The Bertz CT molecular complexity index is 418. The molecule has 3 N–H and O–H groups in total.